The Morgan fingerprint density at radius 1 is 0.957 bits per heavy atom. The average Bonchev–Trinajstić information content (AvgIpc) is 2.59. The maximum atomic E-state index is 11.3. The first-order valence-electron chi connectivity index (χ1n) is 7.42. The van der Waals surface area contributed by atoms with Crippen LogP contribution in [0.2, 0.25) is 0 Å². The van der Waals surface area contributed by atoms with Gasteiger partial charge in [0, 0.05) is 0 Å². The van der Waals surface area contributed by atoms with Crippen molar-refractivity contribution in [2.75, 3.05) is 0 Å². The van der Waals surface area contributed by atoms with Crippen molar-refractivity contribution in [3.63, 3.8) is 0 Å². The highest BCUT2D eigenvalue weighted by molar-refractivity contribution is 6.34. The van der Waals surface area contributed by atoms with E-state index in [1.165, 1.54) is 5.56 Å². The molecule has 3 N–H and O–H groups in total. The summed E-state index contributed by atoms with van der Waals surface area (Å²) in [6.07, 6.45) is 2.47. The smallest absolute Gasteiger partial charge is 0.329 e. The Labute approximate surface area is 135 Å². The summed E-state index contributed by atoms with van der Waals surface area (Å²) in [5, 5.41) is 4.06. The van der Waals surface area contributed by atoms with Crippen LogP contribution in [-0.4, -0.2) is 17.5 Å². The van der Waals surface area contributed by atoms with Crippen LogP contribution in [0.4, 0.5) is 0 Å². The molecule has 2 amide bonds. The molecule has 2 aromatic rings. The molecule has 0 aromatic heterocycles. The van der Waals surface area contributed by atoms with Crippen LogP contribution in [-0.2, 0) is 16.0 Å². The van der Waals surface area contributed by atoms with Gasteiger partial charge in [-0.1, -0.05) is 60.7 Å². The number of nitrogens with one attached hydrogen (secondary N) is 1. The first kappa shape index (κ1) is 16.4. The van der Waals surface area contributed by atoms with Crippen LogP contribution in [0.5, 0.6) is 0 Å². The van der Waals surface area contributed by atoms with Crippen molar-refractivity contribution in [2.24, 2.45) is 10.8 Å². The summed E-state index contributed by atoms with van der Waals surface area (Å²) in [4.78, 5) is 22.1. The fourth-order valence-electron chi connectivity index (χ4n) is 2.17. The molecule has 2 rings (SSSR count). The summed E-state index contributed by atoms with van der Waals surface area (Å²) in [6.45, 7) is 0. The zero-order valence-electron chi connectivity index (χ0n) is 12.7. The van der Waals surface area contributed by atoms with Crippen LogP contribution < -0.4 is 11.2 Å². The minimum Gasteiger partial charge on any atom is -0.361 e. The van der Waals surface area contributed by atoms with Crippen molar-refractivity contribution in [1.82, 2.24) is 5.43 Å². The van der Waals surface area contributed by atoms with E-state index >= 15 is 0 Å². The standard InChI is InChI=1S/C18H19N3O2/c19-17(22)18(23)21-20-16(15-11-5-2-6-12-15)13-7-10-14-8-3-1-4-9-14/h1-6,8-9,11-12H,7,10,13H2,(H2,19,22)(H,21,23)/b20-16+. The molecule has 0 unspecified atom stereocenters. The lowest BCUT2D eigenvalue weighted by Gasteiger charge is -2.07. The highest BCUT2D eigenvalue weighted by Crippen LogP contribution is 2.10. The van der Waals surface area contributed by atoms with Gasteiger partial charge in [0.1, 0.15) is 0 Å². The van der Waals surface area contributed by atoms with Gasteiger partial charge in [0.15, 0.2) is 0 Å². The highest BCUT2D eigenvalue weighted by atomic mass is 16.2. The van der Waals surface area contributed by atoms with Gasteiger partial charge in [-0.3, -0.25) is 9.59 Å². The second kappa shape index (κ2) is 8.48. The topological polar surface area (TPSA) is 84.5 Å². The van der Waals surface area contributed by atoms with Crippen LogP contribution in [0.15, 0.2) is 65.8 Å². The monoisotopic (exact) mass is 309 g/mol. The van der Waals surface area contributed by atoms with E-state index in [-0.39, 0.29) is 0 Å². The number of benzene rings is 2. The first-order chi connectivity index (χ1) is 11.2. The van der Waals surface area contributed by atoms with Crippen molar-refractivity contribution < 1.29 is 9.59 Å². The molecule has 0 aliphatic carbocycles. The van der Waals surface area contributed by atoms with Gasteiger partial charge in [-0.05, 0) is 30.4 Å². The molecule has 0 radical (unpaired) electrons. The molecule has 0 aliphatic rings. The number of hydrogen-bond acceptors (Lipinski definition) is 3. The van der Waals surface area contributed by atoms with E-state index in [9.17, 15) is 9.59 Å². The number of primary amides is 1. The minimum atomic E-state index is -1.05. The Morgan fingerprint density at radius 2 is 1.57 bits per heavy atom. The molecule has 0 heterocycles. The van der Waals surface area contributed by atoms with Gasteiger partial charge in [0.25, 0.3) is 0 Å². The Bertz CT molecular complexity index is 682. The predicted octanol–water partition coefficient (Wildman–Crippen LogP) is 2.02. The van der Waals surface area contributed by atoms with Crippen LogP contribution in [0.3, 0.4) is 0 Å². The summed E-state index contributed by atoms with van der Waals surface area (Å²) in [5.74, 6) is -1.97. The lowest BCUT2D eigenvalue weighted by Crippen LogP contribution is -2.33. The molecule has 2 aromatic carbocycles. The SMILES string of the molecule is NC(=O)C(=O)N/N=C(\CCCc1ccccc1)c1ccccc1. The molecule has 0 aliphatic heterocycles. The molecule has 0 saturated carbocycles. The molecule has 0 spiro atoms. The van der Waals surface area contributed by atoms with E-state index in [0.717, 1.165) is 24.1 Å². The number of rotatable bonds is 6. The second-order valence-electron chi connectivity index (χ2n) is 5.07. The zero-order valence-corrected chi connectivity index (χ0v) is 12.7. The number of carbonyl (C=O) groups is 2. The fourth-order valence-corrected chi connectivity index (χ4v) is 2.17. The van der Waals surface area contributed by atoms with Gasteiger partial charge in [-0.2, -0.15) is 5.10 Å². The maximum Gasteiger partial charge on any atom is 0.329 e. The zero-order chi connectivity index (χ0) is 16.5. The summed E-state index contributed by atoms with van der Waals surface area (Å²) in [5.41, 5.74) is 10.00. The van der Waals surface area contributed by atoms with Gasteiger partial charge in [-0.15, -0.1) is 0 Å². The van der Waals surface area contributed by atoms with Gasteiger partial charge < -0.3 is 5.73 Å². The van der Waals surface area contributed by atoms with Gasteiger partial charge in [0.05, 0.1) is 5.71 Å². The molecule has 5 nitrogen and oxygen atoms in total. The van der Waals surface area contributed by atoms with Gasteiger partial charge >= 0.3 is 11.8 Å². The summed E-state index contributed by atoms with van der Waals surface area (Å²) < 4.78 is 0. The Hall–Kier alpha value is -2.95. The molecule has 0 fully saturated rings. The third kappa shape index (κ3) is 5.39. The highest BCUT2D eigenvalue weighted by Gasteiger charge is 2.09. The van der Waals surface area contributed by atoms with E-state index < -0.39 is 11.8 Å². The third-order valence-electron chi connectivity index (χ3n) is 3.35. The Balaban J connectivity index is 2.03. The lowest BCUT2D eigenvalue weighted by atomic mass is 10.0. The summed E-state index contributed by atoms with van der Waals surface area (Å²) >= 11 is 0. The van der Waals surface area contributed by atoms with Crippen molar-refractivity contribution in [3.8, 4) is 0 Å². The number of nitrogens with two attached hydrogens (primary N) is 1. The summed E-state index contributed by atoms with van der Waals surface area (Å²) in [7, 11) is 0. The number of carbonyl (C=O) groups excluding carboxylic acids is 2. The third-order valence-corrected chi connectivity index (χ3v) is 3.35. The number of nitrogens with zero attached hydrogens (tertiary/aromatic N) is 1. The van der Waals surface area contributed by atoms with E-state index in [4.69, 9.17) is 5.73 Å². The van der Waals surface area contributed by atoms with E-state index in [1.807, 2.05) is 48.5 Å². The van der Waals surface area contributed by atoms with Crippen molar-refractivity contribution in [3.05, 3.63) is 71.8 Å². The predicted molar refractivity (Wildman–Crippen MR) is 89.7 cm³/mol. The lowest BCUT2D eigenvalue weighted by molar-refractivity contribution is -0.137. The Morgan fingerprint density at radius 3 is 2.17 bits per heavy atom. The Kier molecular flexibility index (Phi) is 6.06. The number of aryl methyl sites for hydroxylation is 1. The van der Waals surface area contributed by atoms with Crippen molar-refractivity contribution >= 4 is 17.5 Å². The van der Waals surface area contributed by atoms with Crippen LogP contribution in [0.25, 0.3) is 0 Å². The summed E-state index contributed by atoms with van der Waals surface area (Å²) in [6, 6.07) is 19.7. The molecule has 0 saturated heterocycles. The molecule has 0 atom stereocenters. The van der Waals surface area contributed by atoms with Crippen LogP contribution >= 0.6 is 0 Å². The van der Waals surface area contributed by atoms with Crippen LogP contribution in [0.1, 0.15) is 24.0 Å². The minimum absolute atomic E-state index is 0.679. The number of amides is 2. The van der Waals surface area contributed by atoms with E-state index in [1.54, 1.807) is 0 Å². The molecule has 118 valence electrons. The van der Waals surface area contributed by atoms with Crippen molar-refractivity contribution in [1.29, 1.82) is 0 Å². The molecule has 5 heteroatoms. The number of hydrogen-bond donors (Lipinski definition) is 2. The molecule has 0 bridgehead atoms. The molecular formula is C18H19N3O2. The second-order valence-corrected chi connectivity index (χ2v) is 5.07. The molecule has 23 heavy (non-hydrogen) atoms. The molecular weight excluding hydrogens is 290 g/mol. The largest absolute Gasteiger partial charge is 0.361 e. The number of hydrazone groups is 1. The van der Waals surface area contributed by atoms with Crippen LogP contribution in [0, 0.1) is 0 Å². The fraction of sp³-hybridized carbons (Fsp3) is 0.167. The maximum absolute atomic E-state index is 11.3. The van der Waals surface area contributed by atoms with Gasteiger partial charge in [0.2, 0.25) is 0 Å². The normalized spacial score (nSPS) is 11.0. The quantitative estimate of drug-likeness (QED) is 0.486. The first-order valence-corrected chi connectivity index (χ1v) is 7.42. The average molecular weight is 309 g/mol. The van der Waals surface area contributed by atoms with Crippen molar-refractivity contribution in [2.45, 2.75) is 19.3 Å². The van der Waals surface area contributed by atoms with E-state index in [0.29, 0.717) is 6.42 Å². The van der Waals surface area contributed by atoms with E-state index in [2.05, 4.69) is 22.7 Å². The van der Waals surface area contributed by atoms with Gasteiger partial charge in [-0.25, -0.2) is 5.43 Å².